The van der Waals surface area contributed by atoms with Gasteiger partial charge >= 0.3 is 0 Å². The van der Waals surface area contributed by atoms with E-state index in [-0.39, 0.29) is 5.41 Å². The standard InChI is InChI=1S/C31H33N2O/c1-5-33(6-2)25-17-13-23(14-18-25)15-20-29-31(3,22-26-11-9-21-34-26)30-27-12-8-7-10-24(27)16-19-28(30)32(29)4/h7-21H,5-6,22H2,1-4H3/q+1. The maximum atomic E-state index is 5.83. The summed E-state index contributed by atoms with van der Waals surface area (Å²) >= 11 is 0. The number of fused-ring (bicyclic) bond motifs is 3. The van der Waals surface area contributed by atoms with Gasteiger partial charge in [-0.05, 0) is 73.5 Å². The summed E-state index contributed by atoms with van der Waals surface area (Å²) in [4.78, 5) is 2.37. The van der Waals surface area contributed by atoms with Gasteiger partial charge in [0.1, 0.15) is 12.8 Å². The molecule has 0 saturated heterocycles. The van der Waals surface area contributed by atoms with Gasteiger partial charge < -0.3 is 9.32 Å². The van der Waals surface area contributed by atoms with E-state index in [0.29, 0.717) is 0 Å². The van der Waals surface area contributed by atoms with Crippen LogP contribution in [0.5, 0.6) is 0 Å². The molecule has 0 saturated carbocycles. The smallest absolute Gasteiger partial charge is 0.210 e. The van der Waals surface area contributed by atoms with Crippen molar-refractivity contribution in [2.24, 2.45) is 0 Å². The van der Waals surface area contributed by atoms with Gasteiger partial charge in [0.2, 0.25) is 5.69 Å². The Morgan fingerprint density at radius 2 is 1.65 bits per heavy atom. The SMILES string of the molecule is CCN(CC)c1ccc(C=CC2=[N+](C)c3ccc4ccccc4c3C2(C)Cc2ccco2)cc1. The molecule has 0 radical (unpaired) electrons. The highest BCUT2D eigenvalue weighted by atomic mass is 16.3. The van der Waals surface area contributed by atoms with E-state index in [1.807, 2.05) is 6.07 Å². The molecule has 172 valence electrons. The fourth-order valence-electron chi connectivity index (χ4n) is 5.54. The van der Waals surface area contributed by atoms with Gasteiger partial charge in [0.05, 0.1) is 11.7 Å². The topological polar surface area (TPSA) is 19.4 Å². The Morgan fingerprint density at radius 1 is 0.882 bits per heavy atom. The van der Waals surface area contributed by atoms with Gasteiger partial charge in [-0.1, -0.05) is 36.4 Å². The fraction of sp³-hybridized carbons (Fsp3) is 0.258. The van der Waals surface area contributed by atoms with Gasteiger partial charge in [-0.3, -0.25) is 0 Å². The second-order valence-corrected chi connectivity index (χ2v) is 9.31. The Hall–Kier alpha value is -3.59. The number of hydrogen-bond donors (Lipinski definition) is 0. The fourth-order valence-corrected chi connectivity index (χ4v) is 5.54. The highest BCUT2D eigenvalue weighted by molar-refractivity contribution is 6.09. The van der Waals surface area contributed by atoms with E-state index < -0.39 is 0 Å². The summed E-state index contributed by atoms with van der Waals surface area (Å²) in [5, 5.41) is 2.59. The molecule has 1 unspecified atom stereocenters. The number of benzene rings is 3. The first-order valence-corrected chi connectivity index (χ1v) is 12.2. The molecule has 2 heterocycles. The highest BCUT2D eigenvalue weighted by Gasteiger charge is 2.48. The summed E-state index contributed by atoms with van der Waals surface area (Å²) in [6.45, 7) is 8.79. The maximum Gasteiger partial charge on any atom is 0.210 e. The largest absolute Gasteiger partial charge is 0.469 e. The minimum Gasteiger partial charge on any atom is -0.469 e. The van der Waals surface area contributed by atoms with Crippen LogP contribution < -0.4 is 4.90 Å². The van der Waals surface area contributed by atoms with E-state index in [4.69, 9.17) is 4.42 Å². The summed E-state index contributed by atoms with van der Waals surface area (Å²) in [6, 6.07) is 26.1. The lowest BCUT2D eigenvalue weighted by atomic mass is 9.74. The minimum absolute atomic E-state index is 0.208. The Labute approximate surface area is 202 Å². The van der Waals surface area contributed by atoms with E-state index >= 15 is 0 Å². The van der Waals surface area contributed by atoms with Crippen molar-refractivity contribution in [3.8, 4) is 0 Å². The van der Waals surface area contributed by atoms with Gasteiger partial charge in [-0.2, -0.15) is 4.58 Å². The third-order valence-electron chi connectivity index (χ3n) is 7.31. The van der Waals surface area contributed by atoms with Crippen LogP contribution in [0.3, 0.4) is 0 Å². The lowest BCUT2D eigenvalue weighted by Gasteiger charge is -2.23. The van der Waals surface area contributed by atoms with Crippen LogP contribution in [0, 0.1) is 0 Å². The highest BCUT2D eigenvalue weighted by Crippen LogP contribution is 2.45. The lowest BCUT2D eigenvalue weighted by molar-refractivity contribution is -0.401. The molecule has 3 nitrogen and oxygen atoms in total. The Bertz CT molecular complexity index is 1360. The van der Waals surface area contributed by atoms with Crippen molar-refractivity contribution in [1.29, 1.82) is 0 Å². The molecule has 4 aromatic rings. The molecule has 0 spiro atoms. The molecule has 3 aromatic carbocycles. The summed E-state index contributed by atoms with van der Waals surface area (Å²) in [5.74, 6) is 1.01. The normalized spacial score (nSPS) is 17.6. The predicted molar refractivity (Wildman–Crippen MR) is 144 cm³/mol. The zero-order chi connectivity index (χ0) is 23.7. The first-order valence-electron chi connectivity index (χ1n) is 12.2. The molecule has 0 fully saturated rings. The molecule has 1 atom stereocenters. The van der Waals surface area contributed by atoms with Crippen molar-refractivity contribution >= 4 is 33.9 Å². The number of anilines is 1. The van der Waals surface area contributed by atoms with Crippen LogP contribution in [-0.4, -0.2) is 30.4 Å². The van der Waals surface area contributed by atoms with Crippen molar-refractivity contribution in [1.82, 2.24) is 0 Å². The number of allylic oxidation sites excluding steroid dienone is 1. The van der Waals surface area contributed by atoms with Crippen molar-refractivity contribution in [2.75, 3.05) is 25.0 Å². The molecular formula is C31H33N2O+. The average molecular weight is 450 g/mol. The zero-order valence-electron chi connectivity index (χ0n) is 20.6. The molecular weight excluding hydrogens is 416 g/mol. The van der Waals surface area contributed by atoms with Crippen LogP contribution in [0.15, 0.2) is 89.6 Å². The Morgan fingerprint density at radius 3 is 2.35 bits per heavy atom. The summed E-state index contributed by atoms with van der Waals surface area (Å²) in [6.07, 6.45) is 7.12. The van der Waals surface area contributed by atoms with Crippen LogP contribution in [0.4, 0.5) is 11.4 Å². The molecule has 3 heteroatoms. The molecule has 1 aliphatic rings. The average Bonchev–Trinajstić information content (AvgIpc) is 3.44. The predicted octanol–water partition coefficient (Wildman–Crippen LogP) is 7.22. The van der Waals surface area contributed by atoms with E-state index in [1.54, 1.807) is 6.26 Å². The summed E-state index contributed by atoms with van der Waals surface area (Å²) in [5.41, 5.74) is 6.20. The second-order valence-electron chi connectivity index (χ2n) is 9.31. The van der Waals surface area contributed by atoms with Crippen molar-refractivity contribution in [3.63, 3.8) is 0 Å². The van der Waals surface area contributed by atoms with Crippen molar-refractivity contribution < 1.29 is 8.99 Å². The van der Waals surface area contributed by atoms with E-state index in [1.165, 1.54) is 39.0 Å². The van der Waals surface area contributed by atoms with Gasteiger partial charge in [-0.15, -0.1) is 0 Å². The van der Waals surface area contributed by atoms with E-state index in [9.17, 15) is 0 Å². The molecule has 5 rings (SSSR count). The summed E-state index contributed by atoms with van der Waals surface area (Å²) in [7, 11) is 2.18. The molecule has 1 aliphatic heterocycles. The van der Waals surface area contributed by atoms with Gasteiger partial charge in [0.25, 0.3) is 0 Å². The van der Waals surface area contributed by atoms with Crippen LogP contribution in [-0.2, 0) is 11.8 Å². The number of rotatable bonds is 7. The molecule has 0 bridgehead atoms. The third kappa shape index (κ3) is 3.75. The molecule has 1 aromatic heterocycles. The zero-order valence-corrected chi connectivity index (χ0v) is 20.6. The van der Waals surface area contributed by atoms with Gasteiger partial charge in [0, 0.05) is 42.9 Å². The van der Waals surface area contributed by atoms with Crippen LogP contribution in [0.25, 0.3) is 16.8 Å². The van der Waals surface area contributed by atoms with Gasteiger partial charge in [-0.25, -0.2) is 0 Å². The lowest BCUT2D eigenvalue weighted by Crippen LogP contribution is -2.33. The maximum absolute atomic E-state index is 5.83. The first-order chi connectivity index (χ1) is 16.5. The molecule has 34 heavy (non-hydrogen) atoms. The van der Waals surface area contributed by atoms with Crippen LogP contribution in [0.2, 0.25) is 0 Å². The van der Waals surface area contributed by atoms with Crippen molar-refractivity contribution in [2.45, 2.75) is 32.6 Å². The van der Waals surface area contributed by atoms with E-state index in [2.05, 4.69) is 116 Å². The molecule has 0 N–H and O–H groups in total. The Kier molecular flexibility index (Phi) is 5.87. The first kappa shape index (κ1) is 22.2. The Balaban J connectivity index is 1.57. The molecule has 0 aliphatic carbocycles. The minimum atomic E-state index is -0.208. The van der Waals surface area contributed by atoms with Crippen LogP contribution >= 0.6 is 0 Å². The monoisotopic (exact) mass is 449 g/mol. The van der Waals surface area contributed by atoms with E-state index in [0.717, 1.165) is 25.3 Å². The van der Waals surface area contributed by atoms with Gasteiger partial charge in [0.15, 0.2) is 5.71 Å². The number of furan rings is 1. The van der Waals surface area contributed by atoms with Crippen LogP contribution in [0.1, 0.15) is 37.7 Å². The number of hydrogen-bond acceptors (Lipinski definition) is 2. The number of nitrogens with zero attached hydrogens (tertiary/aromatic N) is 2. The second kappa shape index (κ2) is 8.98. The van der Waals surface area contributed by atoms with Crippen molar-refractivity contribution in [3.05, 3.63) is 102 Å². The third-order valence-corrected chi connectivity index (χ3v) is 7.31. The summed E-state index contributed by atoms with van der Waals surface area (Å²) < 4.78 is 8.18. The molecule has 0 amide bonds. The quantitative estimate of drug-likeness (QED) is 0.277.